The molecule has 0 atom stereocenters. The molecule has 0 radical (unpaired) electrons. The number of nitrogens with one attached hydrogen (secondary N) is 1. The fourth-order valence-electron chi connectivity index (χ4n) is 0.823. The highest BCUT2D eigenvalue weighted by Gasteiger charge is 1.97. The van der Waals surface area contributed by atoms with Crippen molar-refractivity contribution in [1.29, 1.82) is 0 Å². The van der Waals surface area contributed by atoms with Gasteiger partial charge in [0.2, 0.25) is 0 Å². The maximum Gasteiger partial charge on any atom is 0.0476 e. The molecule has 0 amide bonds. The Morgan fingerprint density at radius 1 is 1.55 bits per heavy atom. The van der Waals surface area contributed by atoms with Crippen LogP contribution in [-0.4, -0.2) is 6.54 Å². The van der Waals surface area contributed by atoms with Crippen molar-refractivity contribution in [1.82, 2.24) is 0 Å². The van der Waals surface area contributed by atoms with Crippen LogP contribution in [0.4, 0.5) is 5.69 Å². The fourth-order valence-corrected chi connectivity index (χ4v) is 1.89. The van der Waals surface area contributed by atoms with Gasteiger partial charge in [-0.25, -0.2) is 0 Å². The van der Waals surface area contributed by atoms with E-state index in [1.54, 1.807) is 0 Å². The number of halogens is 2. The molecule has 0 bridgehead atoms. The molecule has 3 heteroatoms. The van der Waals surface area contributed by atoms with Crippen LogP contribution in [0.15, 0.2) is 18.2 Å². The molecule has 0 aromatic heterocycles. The van der Waals surface area contributed by atoms with Crippen LogP contribution < -0.4 is 5.32 Å². The van der Waals surface area contributed by atoms with Gasteiger partial charge < -0.3 is 5.32 Å². The van der Waals surface area contributed by atoms with Crippen LogP contribution >= 0.6 is 34.2 Å². The fraction of sp³-hybridized carbons (Fsp3) is 0.250. The molecule has 0 saturated heterocycles. The van der Waals surface area contributed by atoms with Gasteiger partial charge >= 0.3 is 0 Å². The minimum atomic E-state index is 0.788. The molecule has 1 nitrogen and oxygen atoms in total. The Kier molecular flexibility index (Phi) is 3.45. The summed E-state index contributed by atoms with van der Waals surface area (Å²) < 4.78 is 1.16. The van der Waals surface area contributed by atoms with Crippen LogP contribution in [0.5, 0.6) is 0 Å². The van der Waals surface area contributed by atoms with Crippen molar-refractivity contribution in [2.24, 2.45) is 0 Å². The van der Waals surface area contributed by atoms with E-state index < -0.39 is 0 Å². The third kappa shape index (κ3) is 2.52. The molecular formula is C8H9ClIN. The zero-order valence-electron chi connectivity index (χ0n) is 6.20. The molecule has 0 spiro atoms. The van der Waals surface area contributed by atoms with Crippen molar-refractivity contribution < 1.29 is 0 Å². The average molecular weight is 282 g/mol. The zero-order valence-corrected chi connectivity index (χ0v) is 9.11. The van der Waals surface area contributed by atoms with Gasteiger partial charge in [-0.2, -0.15) is 0 Å². The first-order valence-corrected chi connectivity index (χ1v) is 4.88. The summed E-state index contributed by atoms with van der Waals surface area (Å²) in [5.74, 6) is 0. The molecule has 11 heavy (non-hydrogen) atoms. The maximum absolute atomic E-state index is 5.78. The Hall–Kier alpha value is 0.0400. The van der Waals surface area contributed by atoms with Gasteiger partial charge in [-0.15, -0.1) is 0 Å². The Labute approximate surface area is 85.3 Å². The number of anilines is 1. The highest BCUT2D eigenvalue weighted by molar-refractivity contribution is 14.1. The first-order chi connectivity index (χ1) is 5.24. The summed E-state index contributed by atoms with van der Waals surface area (Å²) in [6.07, 6.45) is 0. The lowest BCUT2D eigenvalue weighted by Crippen LogP contribution is -1.97. The van der Waals surface area contributed by atoms with Gasteiger partial charge in [-0.05, 0) is 47.7 Å². The summed E-state index contributed by atoms with van der Waals surface area (Å²) in [5, 5.41) is 4.02. The molecule has 1 aromatic rings. The van der Waals surface area contributed by atoms with Crippen molar-refractivity contribution in [3.05, 3.63) is 26.8 Å². The SMILES string of the molecule is CCNc1ccc(Cl)cc1I. The molecular weight excluding hydrogens is 272 g/mol. The third-order valence-electron chi connectivity index (χ3n) is 1.30. The third-order valence-corrected chi connectivity index (χ3v) is 2.43. The van der Waals surface area contributed by atoms with Gasteiger partial charge in [0.15, 0.2) is 0 Å². The normalized spacial score (nSPS) is 9.73. The molecule has 0 fully saturated rings. The van der Waals surface area contributed by atoms with Crippen LogP contribution in [0.2, 0.25) is 5.02 Å². The average Bonchev–Trinajstić information content (AvgIpc) is 1.95. The van der Waals surface area contributed by atoms with Crippen molar-refractivity contribution in [3.63, 3.8) is 0 Å². The Bertz CT molecular complexity index is 250. The number of benzene rings is 1. The lowest BCUT2D eigenvalue weighted by atomic mass is 10.3. The van der Waals surface area contributed by atoms with Crippen LogP contribution in [-0.2, 0) is 0 Å². The first-order valence-electron chi connectivity index (χ1n) is 3.43. The van der Waals surface area contributed by atoms with Crippen molar-refractivity contribution in [2.75, 3.05) is 11.9 Å². The molecule has 0 saturated carbocycles. The molecule has 1 rings (SSSR count). The molecule has 1 aromatic carbocycles. The van der Waals surface area contributed by atoms with Crippen LogP contribution in [0.25, 0.3) is 0 Å². The second-order valence-electron chi connectivity index (χ2n) is 2.15. The van der Waals surface area contributed by atoms with Gasteiger partial charge in [-0.3, -0.25) is 0 Å². The second-order valence-corrected chi connectivity index (χ2v) is 3.75. The molecule has 0 heterocycles. The largest absolute Gasteiger partial charge is 0.384 e. The quantitative estimate of drug-likeness (QED) is 0.820. The molecule has 0 unspecified atom stereocenters. The predicted molar refractivity (Wildman–Crippen MR) is 58.3 cm³/mol. The molecule has 0 aliphatic carbocycles. The van der Waals surface area contributed by atoms with E-state index in [0.717, 1.165) is 20.8 Å². The van der Waals surface area contributed by atoms with E-state index in [2.05, 4.69) is 34.8 Å². The van der Waals surface area contributed by atoms with Gasteiger partial charge in [0.25, 0.3) is 0 Å². The van der Waals surface area contributed by atoms with E-state index in [0.29, 0.717) is 0 Å². The Balaban J connectivity index is 2.90. The predicted octanol–water partition coefficient (Wildman–Crippen LogP) is 3.38. The molecule has 1 N–H and O–H groups in total. The van der Waals surface area contributed by atoms with E-state index in [9.17, 15) is 0 Å². The number of hydrogen-bond donors (Lipinski definition) is 1. The van der Waals surface area contributed by atoms with Gasteiger partial charge in [0.1, 0.15) is 0 Å². The summed E-state index contributed by atoms with van der Waals surface area (Å²) in [6, 6.07) is 5.83. The summed E-state index contributed by atoms with van der Waals surface area (Å²) in [4.78, 5) is 0. The minimum absolute atomic E-state index is 0.788. The van der Waals surface area contributed by atoms with Crippen molar-refractivity contribution >= 4 is 39.9 Å². The summed E-state index contributed by atoms with van der Waals surface area (Å²) in [5.41, 5.74) is 1.15. The number of rotatable bonds is 2. The van der Waals surface area contributed by atoms with Gasteiger partial charge in [0.05, 0.1) is 0 Å². The van der Waals surface area contributed by atoms with Crippen molar-refractivity contribution in [2.45, 2.75) is 6.92 Å². The highest BCUT2D eigenvalue weighted by atomic mass is 127. The van der Waals surface area contributed by atoms with Gasteiger partial charge in [0, 0.05) is 20.8 Å². The van der Waals surface area contributed by atoms with Crippen LogP contribution in [0, 0.1) is 3.57 Å². The Morgan fingerprint density at radius 2 is 2.27 bits per heavy atom. The second kappa shape index (κ2) is 4.16. The highest BCUT2D eigenvalue weighted by Crippen LogP contribution is 2.21. The Morgan fingerprint density at radius 3 is 2.82 bits per heavy atom. The van der Waals surface area contributed by atoms with E-state index >= 15 is 0 Å². The standard InChI is InChI=1S/C8H9ClIN/c1-2-11-8-4-3-6(9)5-7(8)10/h3-5,11H,2H2,1H3. The maximum atomic E-state index is 5.78. The summed E-state index contributed by atoms with van der Waals surface area (Å²) >= 11 is 8.05. The lowest BCUT2D eigenvalue weighted by molar-refractivity contribution is 1.21. The van der Waals surface area contributed by atoms with E-state index in [1.165, 1.54) is 0 Å². The first kappa shape index (κ1) is 9.13. The van der Waals surface area contributed by atoms with Crippen LogP contribution in [0.3, 0.4) is 0 Å². The zero-order chi connectivity index (χ0) is 8.27. The molecule has 0 aliphatic rings. The summed E-state index contributed by atoms with van der Waals surface area (Å²) in [6.45, 7) is 3.02. The monoisotopic (exact) mass is 281 g/mol. The van der Waals surface area contributed by atoms with Crippen LogP contribution in [0.1, 0.15) is 6.92 Å². The number of hydrogen-bond acceptors (Lipinski definition) is 1. The molecule has 60 valence electrons. The topological polar surface area (TPSA) is 12.0 Å². The summed E-state index contributed by atoms with van der Waals surface area (Å²) in [7, 11) is 0. The smallest absolute Gasteiger partial charge is 0.0476 e. The van der Waals surface area contributed by atoms with E-state index in [1.807, 2.05) is 18.2 Å². The van der Waals surface area contributed by atoms with E-state index in [4.69, 9.17) is 11.6 Å². The van der Waals surface area contributed by atoms with Gasteiger partial charge in [-0.1, -0.05) is 11.6 Å². The lowest BCUT2D eigenvalue weighted by Gasteiger charge is -2.05. The van der Waals surface area contributed by atoms with E-state index in [-0.39, 0.29) is 0 Å². The van der Waals surface area contributed by atoms with Crippen molar-refractivity contribution in [3.8, 4) is 0 Å². The molecule has 0 aliphatic heterocycles. The minimum Gasteiger partial charge on any atom is -0.384 e.